The van der Waals surface area contributed by atoms with Gasteiger partial charge in [-0.15, -0.1) is 0 Å². The Bertz CT molecular complexity index is 1440. The largest absolute Gasteiger partial charge is 0.493 e. The first kappa shape index (κ1) is 24.3. The quantitative estimate of drug-likeness (QED) is 0.407. The van der Waals surface area contributed by atoms with E-state index in [1.807, 2.05) is 42.5 Å². The van der Waals surface area contributed by atoms with E-state index in [9.17, 15) is 4.79 Å². The van der Waals surface area contributed by atoms with Gasteiger partial charge in [-0.25, -0.2) is 0 Å². The molecule has 0 bridgehead atoms. The maximum Gasteiger partial charge on any atom is 0.231 e. The van der Waals surface area contributed by atoms with Crippen LogP contribution >= 0.6 is 11.6 Å². The third-order valence-corrected chi connectivity index (χ3v) is 7.60. The number of benzene rings is 3. The van der Waals surface area contributed by atoms with Gasteiger partial charge < -0.3 is 34.3 Å². The number of ether oxygens (including phenoxy) is 5. The van der Waals surface area contributed by atoms with E-state index >= 15 is 0 Å². The highest BCUT2D eigenvalue weighted by Gasteiger charge is 2.38. The summed E-state index contributed by atoms with van der Waals surface area (Å²) in [6.07, 6.45) is 0.921. The molecule has 0 amide bonds. The zero-order valence-corrected chi connectivity index (χ0v) is 22.0. The van der Waals surface area contributed by atoms with Gasteiger partial charge >= 0.3 is 0 Å². The molecule has 2 unspecified atom stereocenters. The van der Waals surface area contributed by atoms with Crippen LogP contribution in [0.5, 0.6) is 28.7 Å². The molecule has 2 atom stereocenters. The number of carbonyl (C=O) groups is 1. The smallest absolute Gasteiger partial charge is 0.231 e. The minimum Gasteiger partial charge on any atom is -0.493 e. The zero-order chi connectivity index (χ0) is 26.4. The molecule has 38 heavy (non-hydrogen) atoms. The molecule has 2 aliphatic heterocycles. The van der Waals surface area contributed by atoms with E-state index in [1.54, 1.807) is 27.4 Å². The molecule has 0 saturated carbocycles. The first-order valence-electron chi connectivity index (χ1n) is 12.3. The highest BCUT2D eigenvalue weighted by Crippen LogP contribution is 2.49. The van der Waals surface area contributed by atoms with Crippen LogP contribution in [0.2, 0.25) is 5.02 Å². The van der Waals surface area contributed by atoms with Crippen LogP contribution in [0.3, 0.4) is 0 Å². The van der Waals surface area contributed by atoms with Crippen LogP contribution < -0.4 is 34.3 Å². The van der Waals surface area contributed by atoms with Crippen molar-refractivity contribution in [2.75, 3.05) is 38.8 Å². The first-order chi connectivity index (χ1) is 18.5. The van der Waals surface area contributed by atoms with Crippen molar-refractivity contribution in [2.45, 2.75) is 24.8 Å². The van der Waals surface area contributed by atoms with Crippen LogP contribution in [0.1, 0.15) is 35.9 Å². The van der Waals surface area contributed by atoms with Crippen molar-refractivity contribution < 1.29 is 28.5 Å². The minimum atomic E-state index is -0.475. The Hall–Kier alpha value is -4.04. The summed E-state index contributed by atoms with van der Waals surface area (Å²) in [5.41, 5.74) is 4.95. The second-order valence-corrected chi connectivity index (χ2v) is 9.76. The number of hydrogen-bond acceptors (Lipinski definition) is 8. The molecule has 8 nitrogen and oxygen atoms in total. The summed E-state index contributed by atoms with van der Waals surface area (Å²) in [6.45, 7) is 0.140. The average Bonchev–Trinajstić information content (AvgIpc) is 3.31. The lowest BCUT2D eigenvalue weighted by Gasteiger charge is -2.30. The topological polar surface area (TPSA) is 87.3 Å². The van der Waals surface area contributed by atoms with Crippen LogP contribution in [-0.4, -0.2) is 33.9 Å². The molecule has 3 aromatic rings. The summed E-state index contributed by atoms with van der Waals surface area (Å²) in [5, 5.41) is 7.62. The van der Waals surface area contributed by atoms with Crippen LogP contribution in [0, 0.1) is 0 Å². The van der Waals surface area contributed by atoms with Crippen molar-refractivity contribution in [3.63, 3.8) is 0 Å². The monoisotopic (exact) mass is 534 g/mol. The molecular weight excluding hydrogens is 508 g/mol. The number of anilines is 2. The molecule has 9 heteroatoms. The van der Waals surface area contributed by atoms with Crippen LogP contribution in [-0.2, 0) is 4.79 Å². The SMILES string of the molecule is COc1cc(C2CC(=O)C3=C(C2)Nc2ccccc2NC3c2cc3c(cc2Cl)OCO3)cc(OC)c1OC. The summed E-state index contributed by atoms with van der Waals surface area (Å²) < 4.78 is 27.8. The van der Waals surface area contributed by atoms with Crippen LogP contribution in [0.4, 0.5) is 11.4 Å². The van der Waals surface area contributed by atoms with Gasteiger partial charge in [-0.3, -0.25) is 4.79 Å². The molecule has 0 aromatic heterocycles. The summed E-state index contributed by atoms with van der Waals surface area (Å²) in [4.78, 5) is 14.0. The van der Waals surface area contributed by atoms with E-state index in [4.69, 9.17) is 35.3 Å². The first-order valence-corrected chi connectivity index (χ1v) is 12.7. The van der Waals surface area contributed by atoms with Gasteiger partial charge in [0.05, 0.1) is 43.8 Å². The number of ketones is 1. The highest BCUT2D eigenvalue weighted by atomic mass is 35.5. The lowest BCUT2D eigenvalue weighted by molar-refractivity contribution is -0.116. The van der Waals surface area contributed by atoms with Crippen molar-refractivity contribution in [2.24, 2.45) is 0 Å². The van der Waals surface area contributed by atoms with Gasteiger partial charge in [0.1, 0.15) is 0 Å². The number of para-hydroxylation sites is 2. The van der Waals surface area contributed by atoms with Crippen molar-refractivity contribution in [1.82, 2.24) is 0 Å². The third-order valence-electron chi connectivity index (χ3n) is 7.27. The summed E-state index contributed by atoms with van der Waals surface area (Å²) >= 11 is 6.75. The molecule has 196 valence electrons. The number of allylic oxidation sites excluding steroid dienone is 1. The fraction of sp³-hybridized carbons (Fsp3) is 0.276. The molecule has 2 N–H and O–H groups in total. The van der Waals surface area contributed by atoms with E-state index in [1.165, 1.54) is 0 Å². The number of halogens is 1. The van der Waals surface area contributed by atoms with E-state index < -0.39 is 6.04 Å². The molecule has 0 spiro atoms. The Balaban J connectivity index is 1.46. The fourth-order valence-electron chi connectivity index (χ4n) is 5.45. The molecule has 6 rings (SSSR count). The molecule has 0 saturated heterocycles. The Labute approximate surface area is 225 Å². The molecule has 1 aliphatic carbocycles. The van der Waals surface area contributed by atoms with Crippen molar-refractivity contribution in [1.29, 1.82) is 0 Å². The molecule has 0 fully saturated rings. The highest BCUT2D eigenvalue weighted by molar-refractivity contribution is 6.31. The predicted molar refractivity (Wildman–Crippen MR) is 144 cm³/mol. The van der Waals surface area contributed by atoms with Gasteiger partial charge in [-0.2, -0.15) is 0 Å². The number of hydrogen-bond donors (Lipinski definition) is 2. The molecule has 3 aliphatic rings. The van der Waals surface area contributed by atoms with Gasteiger partial charge in [0, 0.05) is 29.3 Å². The Kier molecular flexibility index (Phi) is 6.19. The lowest BCUT2D eigenvalue weighted by Crippen LogP contribution is -2.27. The average molecular weight is 535 g/mol. The molecule has 0 radical (unpaired) electrons. The number of carbonyl (C=O) groups excluding carboxylic acids is 1. The maximum atomic E-state index is 14.0. The normalized spacial score (nSPS) is 19.5. The summed E-state index contributed by atoms with van der Waals surface area (Å²) in [6, 6.07) is 14.9. The number of nitrogens with one attached hydrogen (secondary N) is 2. The van der Waals surface area contributed by atoms with E-state index in [2.05, 4.69) is 10.6 Å². The molecule has 2 heterocycles. The minimum absolute atomic E-state index is 0.0246. The van der Waals surface area contributed by atoms with Crippen molar-refractivity contribution in [3.8, 4) is 28.7 Å². The standard InChI is InChI=1S/C29H27ClN2O6/c1-34-25-10-16(11-26(35-2)29(25)36-3)15-8-21-27(22(33)9-15)28(32-20-7-5-4-6-19(20)31-21)17-12-23-24(13-18(17)30)38-14-37-23/h4-7,10-13,15,28,31-32H,8-9,14H2,1-3H3. The number of rotatable bonds is 5. The van der Waals surface area contributed by atoms with E-state index in [0.717, 1.165) is 28.2 Å². The summed E-state index contributed by atoms with van der Waals surface area (Å²) in [7, 11) is 4.74. The van der Waals surface area contributed by atoms with Crippen molar-refractivity contribution in [3.05, 3.63) is 76.0 Å². The van der Waals surface area contributed by atoms with E-state index in [-0.39, 0.29) is 18.5 Å². The van der Waals surface area contributed by atoms with Crippen LogP contribution in [0.25, 0.3) is 0 Å². The number of Topliss-reactive ketones (excluding diaryl/α,β-unsaturated/α-hetero) is 1. The second kappa shape index (κ2) is 9.68. The number of fused-ring (bicyclic) bond motifs is 2. The summed E-state index contributed by atoms with van der Waals surface area (Å²) in [5.74, 6) is 2.76. The lowest BCUT2D eigenvalue weighted by atomic mass is 9.78. The van der Waals surface area contributed by atoms with Gasteiger partial charge in [-0.05, 0) is 48.2 Å². The Morgan fingerprint density at radius 3 is 2.26 bits per heavy atom. The third kappa shape index (κ3) is 4.05. The van der Waals surface area contributed by atoms with Gasteiger partial charge in [-0.1, -0.05) is 23.7 Å². The van der Waals surface area contributed by atoms with Gasteiger partial charge in [0.25, 0.3) is 0 Å². The molecule has 3 aromatic carbocycles. The van der Waals surface area contributed by atoms with Crippen LogP contribution in [0.15, 0.2) is 59.8 Å². The predicted octanol–water partition coefficient (Wildman–Crippen LogP) is 6.07. The van der Waals surface area contributed by atoms with Gasteiger partial charge in [0.2, 0.25) is 12.5 Å². The Morgan fingerprint density at radius 1 is 0.895 bits per heavy atom. The maximum absolute atomic E-state index is 14.0. The zero-order valence-electron chi connectivity index (χ0n) is 21.2. The Morgan fingerprint density at radius 2 is 1.58 bits per heavy atom. The number of methoxy groups -OCH3 is 3. The second-order valence-electron chi connectivity index (χ2n) is 9.35. The van der Waals surface area contributed by atoms with Gasteiger partial charge in [0.15, 0.2) is 28.8 Å². The fourth-order valence-corrected chi connectivity index (χ4v) is 5.72. The van der Waals surface area contributed by atoms with Crippen molar-refractivity contribution >= 4 is 28.8 Å². The molecular formula is C29H27ClN2O6. The van der Waals surface area contributed by atoms with E-state index in [0.29, 0.717) is 52.2 Å².